The number of thioether (sulfide) groups is 1. The van der Waals surface area contributed by atoms with E-state index in [1.54, 1.807) is 0 Å². The van der Waals surface area contributed by atoms with E-state index in [2.05, 4.69) is 45.6 Å². The molecule has 0 saturated carbocycles. The van der Waals surface area contributed by atoms with Crippen LogP contribution >= 0.6 is 11.8 Å². The predicted molar refractivity (Wildman–Crippen MR) is 87.5 cm³/mol. The molecule has 1 saturated heterocycles. The number of aliphatic hydroxyl groups excluding tert-OH is 1. The van der Waals surface area contributed by atoms with Crippen molar-refractivity contribution in [3.63, 3.8) is 0 Å². The van der Waals surface area contributed by atoms with Gasteiger partial charge in [0.25, 0.3) is 0 Å². The maximum atomic E-state index is 10.6. The first-order valence-corrected chi connectivity index (χ1v) is 8.17. The molecule has 2 heteroatoms. The maximum Gasteiger partial charge on any atom is 0.0665 e. The average Bonchev–Trinajstić information content (AvgIpc) is 2.72. The fraction of sp³-hybridized carbons (Fsp3) is 0.647. The van der Waals surface area contributed by atoms with Crippen molar-refractivity contribution in [1.29, 1.82) is 0 Å². The van der Waals surface area contributed by atoms with Crippen LogP contribution in [0.1, 0.15) is 41.5 Å². The van der Waals surface area contributed by atoms with Crippen LogP contribution in [0.3, 0.4) is 0 Å². The molecule has 1 heterocycles. The number of rotatable bonds is 4. The van der Waals surface area contributed by atoms with E-state index in [1.165, 1.54) is 12.0 Å². The van der Waals surface area contributed by atoms with Gasteiger partial charge in [-0.1, -0.05) is 51.7 Å². The second-order valence-corrected chi connectivity index (χ2v) is 8.43. The van der Waals surface area contributed by atoms with Crippen molar-refractivity contribution >= 4 is 11.8 Å². The fourth-order valence-electron chi connectivity index (χ4n) is 3.17. The Balaban J connectivity index is 0.00000200. The van der Waals surface area contributed by atoms with Crippen molar-refractivity contribution < 1.29 is 6.53 Å². The molecule has 1 N–H and O–H groups in total. The topological polar surface area (TPSA) is 20.2 Å². The molecule has 4 unspecified atom stereocenters. The molecular weight excluding hydrogens is 252 g/mol. The van der Waals surface area contributed by atoms with Gasteiger partial charge in [-0.15, -0.1) is 11.8 Å². The first-order chi connectivity index (χ1) is 8.93. The Morgan fingerprint density at radius 3 is 2.95 bits per heavy atom. The van der Waals surface area contributed by atoms with Crippen LogP contribution in [0.25, 0.3) is 0 Å². The average molecular weight is 280 g/mol. The minimum absolute atomic E-state index is 0. The molecule has 2 aliphatic rings. The molecule has 0 aromatic carbocycles. The van der Waals surface area contributed by atoms with Gasteiger partial charge < -0.3 is 5.11 Å². The van der Waals surface area contributed by atoms with Crippen LogP contribution < -0.4 is 0 Å². The molecule has 19 heavy (non-hydrogen) atoms. The van der Waals surface area contributed by atoms with E-state index in [9.17, 15) is 5.11 Å². The van der Waals surface area contributed by atoms with Crippen molar-refractivity contribution in [2.45, 2.75) is 56.1 Å². The van der Waals surface area contributed by atoms with Gasteiger partial charge in [-0.25, -0.2) is 0 Å². The lowest BCUT2D eigenvalue weighted by atomic mass is 9.79. The van der Waals surface area contributed by atoms with Crippen LogP contribution in [0.15, 0.2) is 36.5 Å². The summed E-state index contributed by atoms with van der Waals surface area (Å²) < 4.78 is 0.334. The molecule has 1 fully saturated rings. The van der Waals surface area contributed by atoms with Crippen molar-refractivity contribution in [1.82, 2.24) is 0 Å². The van der Waals surface area contributed by atoms with Crippen molar-refractivity contribution in [2.24, 2.45) is 11.8 Å². The van der Waals surface area contributed by atoms with Gasteiger partial charge in [0.1, 0.15) is 0 Å². The molecule has 2 rings (SSSR count). The molecule has 0 aromatic heterocycles. The number of hydrogen-bond donors (Lipinski definition) is 1. The summed E-state index contributed by atoms with van der Waals surface area (Å²) in [4.78, 5) is 0. The lowest BCUT2D eigenvalue weighted by Crippen LogP contribution is -2.28. The summed E-state index contributed by atoms with van der Waals surface area (Å²) in [5.74, 6) is 0.911. The van der Waals surface area contributed by atoms with Crippen molar-refractivity contribution in [3.8, 4) is 0 Å². The SMILES string of the molecule is C=CC1=CC=CC(C)C1CC(O)C1CCC(C)(C)S1.[HH]. The Hall–Kier alpha value is -0.470. The summed E-state index contributed by atoms with van der Waals surface area (Å²) in [7, 11) is 0. The van der Waals surface area contributed by atoms with Gasteiger partial charge >= 0.3 is 0 Å². The summed E-state index contributed by atoms with van der Waals surface area (Å²) in [5.41, 5.74) is 1.27. The van der Waals surface area contributed by atoms with Crippen LogP contribution in [0.5, 0.6) is 0 Å². The van der Waals surface area contributed by atoms with E-state index in [4.69, 9.17) is 0 Å². The molecule has 4 atom stereocenters. The third-order valence-corrected chi connectivity index (χ3v) is 6.12. The second kappa shape index (κ2) is 5.88. The van der Waals surface area contributed by atoms with Crippen LogP contribution in [0.4, 0.5) is 0 Å². The summed E-state index contributed by atoms with van der Waals surface area (Å²) in [6.45, 7) is 10.7. The van der Waals surface area contributed by atoms with E-state index in [0.29, 0.717) is 21.8 Å². The highest BCUT2D eigenvalue weighted by Gasteiger charge is 2.37. The third-order valence-electron chi connectivity index (χ3n) is 4.43. The lowest BCUT2D eigenvalue weighted by molar-refractivity contribution is 0.137. The maximum absolute atomic E-state index is 10.6. The van der Waals surface area contributed by atoms with Crippen molar-refractivity contribution in [3.05, 3.63) is 36.5 Å². The third kappa shape index (κ3) is 3.55. The molecule has 0 aromatic rings. The van der Waals surface area contributed by atoms with Gasteiger partial charge in [-0.3, -0.25) is 0 Å². The van der Waals surface area contributed by atoms with E-state index in [0.717, 1.165) is 12.8 Å². The highest BCUT2D eigenvalue weighted by Crippen LogP contribution is 2.45. The first-order valence-electron chi connectivity index (χ1n) is 7.29. The normalized spacial score (nSPS) is 34.9. The van der Waals surface area contributed by atoms with Gasteiger partial charge in [-0.05, 0) is 36.7 Å². The van der Waals surface area contributed by atoms with Gasteiger partial charge in [-0.2, -0.15) is 0 Å². The quantitative estimate of drug-likeness (QED) is 0.812. The zero-order chi connectivity index (χ0) is 14.0. The van der Waals surface area contributed by atoms with Gasteiger partial charge in [0, 0.05) is 11.4 Å². The molecule has 1 nitrogen and oxygen atoms in total. The van der Waals surface area contributed by atoms with Crippen LogP contribution in [0, 0.1) is 11.8 Å². The minimum Gasteiger partial charge on any atom is -0.392 e. The van der Waals surface area contributed by atoms with Gasteiger partial charge in [0.15, 0.2) is 0 Å². The summed E-state index contributed by atoms with van der Waals surface area (Å²) in [5, 5.41) is 11.0. The summed E-state index contributed by atoms with van der Waals surface area (Å²) >= 11 is 1.96. The Labute approximate surface area is 123 Å². The molecule has 1 aliphatic carbocycles. The molecular formula is C17H28OS. The van der Waals surface area contributed by atoms with Crippen LogP contribution in [-0.2, 0) is 0 Å². The molecule has 1 aliphatic heterocycles. The van der Waals surface area contributed by atoms with Gasteiger partial charge in [0.05, 0.1) is 6.10 Å². The number of allylic oxidation sites excluding steroid dienone is 5. The highest BCUT2D eigenvalue weighted by molar-refractivity contribution is 8.01. The predicted octanol–water partition coefficient (Wildman–Crippen LogP) is 4.59. The molecule has 108 valence electrons. The number of hydrogen-bond acceptors (Lipinski definition) is 2. The summed E-state index contributed by atoms with van der Waals surface area (Å²) in [6.07, 6.45) is 11.4. The zero-order valence-corrected chi connectivity index (χ0v) is 13.1. The molecule has 0 radical (unpaired) electrons. The monoisotopic (exact) mass is 280 g/mol. The van der Waals surface area contributed by atoms with E-state index in [1.807, 2.05) is 17.8 Å². The largest absolute Gasteiger partial charge is 0.392 e. The fourth-order valence-corrected chi connectivity index (χ4v) is 4.73. The number of aliphatic hydroxyl groups is 1. The minimum atomic E-state index is -0.200. The Bertz CT molecular complexity index is 400. The van der Waals surface area contributed by atoms with E-state index < -0.39 is 0 Å². The standard InChI is InChI=1S/C17H26OS.H2/c1-5-13-8-6-7-12(2)14(13)11-15(18)16-9-10-17(3,4)19-16;/h5-8,12,14-16,18H,1,9-11H2,2-4H3;1H. The second-order valence-electron chi connectivity index (χ2n) is 6.48. The molecule has 0 amide bonds. The highest BCUT2D eigenvalue weighted by atomic mass is 32.2. The van der Waals surface area contributed by atoms with Crippen molar-refractivity contribution in [2.75, 3.05) is 0 Å². The van der Waals surface area contributed by atoms with Gasteiger partial charge in [0.2, 0.25) is 0 Å². The van der Waals surface area contributed by atoms with Crippen LogP contribution in [-0.4, -0.2) is 21.2 Å². The molecule has 0 spiro atoms. The van der Waals surface area contributed by atoms with E-state index >= 15 is 0 Å². The first kappa shape index (κ1) is 14.9. The van der Waals surface area contributed by atoms with Crippen LogP contribution in [0.2, 0.25) is 0 Å². The zero-order valence-electron chi connectivity index (χ0n) is 12.3. The molecule has 0 bridgehead atoms. The Morgan fingerprint density at radius 1 is 1.63 bits per heavy atom. The Kier molecular flexibility index (Phi) is 4.62. The lowest BCUT2D eigenvalue weighted by Gasteiger charge is -2.30. The summed E-state index contributed by atoms with van der Waals surface area (Å²) in [6, 6.07) is 0. The smallest absolute Gasteiger partial charge is 0.0665 e. The van der Waals surface area contributed by atoms with E-state index in [-0.39, 0.29) is 7.53 Å². The Morgan fingerprint density at radius 2 is 2.37 bits per heavy atom.